The minimum atomic E-state index is -4.34. The second-order valence-corrected chi connectivity index (χ2v) is 6.42. The molecule has 0 N–H and O–H groups in total. The quantitative estimate of drug-likeness (QED) is 0.592. The van der Waals surface area contributed by atoms with E-state index < -0.39 is 23.3 Å². The summed E-state index contributed by atoms with van der Waals surface area (Å²) in [4.78, 5) is 11.9. The van der Waals surface area contributed by atoms with E-state index in [1.165, 1.54) is 12.1 Å². The molecule has 2 rings (SSSR count). The highest BCUT2D eigenvalue weighted by molar-refractivity contribution is 5.87. The first kappa shape index (κ1) is 17.6. The van der Waals surface area contributed by atoms with E-state index in [9.17, 15) is 18.0 Å². The molecule has 2 nitrogen and oxygen atoms in total. The molecule has 23 heavy (non-hydrogen) atoms. The van der Waals surface area contributed by atoms with E-state index in [2.05, 4.69) is 6.58 Å². The van der Waals surface area contributed by atoms with E-state index in [-0.39, 0.29) is 5.92 Å². The Hall–Kier alpha value is -1.78. The van der Waals surface area contributed by atoms with Crippen molar-refractivity contribution in [3.8, 4) is 0 Å². The maximum Gasteiger partial charge on any atom is 0.416 e. The topological polar surface area (TPSA) is 26.3 Å². The van der Waals surface area contributed by atoms with Gasteiger partial charge in [0.05, 0.1) is 5.56 Å². The van der Waals surface area contributed by atoms with Gasteiger partial charge in [-0.2, -0.15) is 13.2 Å². The predicted molar refractivity (Wildman–Crippen MR) is 81.9 cm³/mol. The minimum Gasteiger partial charge on any atom is -0.456 e. The first-order chi connectivity index (χ1) is 10.6. The van der Waals surface area contributed by atoms with Crippen molar-refractivity contribution >= 4 is 5.97 Å². The molecule has 0 spiro atoms. The molecule has 0 amide bonds. The zero-order valence-corrected chi connectivity index (χ0v) is 13.6. The maximum absolute atomic E-state index is 12.8. The lowest BCUT2D eigenvalue weighted by atomic mass is 9.84. The number of halogens is 3. The average Bonchev–Trinajstić information content (AvgIpc) is 2.89. The van der Waals surface area contributed by atoms with Crippen molar-refractivity contribution < 1.29 is 22.7 Å². The normalized spacial score (nSPS) is 19.8. The van der Waals surface area contributed by atoms with Crippen LogP contribution in [-0.4, -0.2) is 11.6 Å². The number of hydrogen-bond donors (Lipinski definition) is 0. The van der Waals surface area contributed by atoms with Crippen LogP contribution in [0.2, 0.25) is 0 Å². The second kappa shape index (κ2) is 6.02. The number of carbonyl (C=O) groups excluding carboxylic acids is 1. The highest BCUT2D eigenvalue weighted by atomic mass is 19.4. The number of benzene rings is 1. The van der Waals surface area contributed by atoms with Gasteiger partial charge in [0.15, 0.2) is 0 Å². The summed E-state index contributed by atoms with van der Waals surface area (Å²) in [6, 6.07) is 3.87. The summed E-state index contributed by atoms with van der Waals surface area (Å²) in [7, 11) is 0. The van der Waals surface area contributed by atoms with Crippen molar-refractivity contribution in [1.29, 1.82) is 0 Å². The maximum atomic E-state index is 12.8. The lowest BCUT2D eigenvalue weighted by Crippen LogP contribution is -2.40. The SMILES string of the molecule is C=C(C)C(=O)OC(C)(CC)C1Cc2ccc(C(F)(F)F)cc2C1. The molecule has 1 aromatic carbocycles. The molecule has 1 aromatic rings. The number of hydrogen-bond acceptors (Lipinski definition) is 2. The third-order valence-corrected chi connectivity index (χ3v) is 4.71. The third-order valence-electron chi connectivity index (χ3n) is 4.71. The summed E-state index contributed by atoms with van der Waals surface area (Å²) in [5.74, 6) is -0.490. The largest absolute Gasteiger partial charge is 0.456 e. The Morgan fingerprint density at radius 2 is 1.91 bits per heavy atom. The van der Waals surface area contributed by atoms with Gasteiger partial charge in [-0.25, -0.2) is 4.79 Å². The average molecular weight is 326 g/mol. The molecule has 5 heteroatoms. The fourth-order valence-electron chi connectivity index (χ4n) is 2.97. The Kier molecular flexibility index (Phi) is 4.60. The van der Waals surface area contributed by atoms with Crippen molar-refractivity contribution in [2.24, 2.45) is 5.92 Å². The van der Waals surface area contributed by atoms with Crippen LogP contribution < -0.4 is 0 Å². The van der Waals surface area contributed by atoms with E-state index in [0.29, 0.717) is 30.4 Å². The Morgan fingerprint density at radius 1 is 1.30 bits per heavy atom. The van der Waals surface area contributed by atoms with Crippen molar-refractivity contribution in [2.75, 3.05) is 0 Å². The van der Waals surface area contributed by atoms with Crippen LogP contribution in [0.15, 0.2) is 30.4 Å². The van der Waals surface area contributed by atoms with Gasteiger partial charge in [0.2, 0.25) is 0 Å². The van der Waals surface area contributed by atoms with Crippen molar-refractivity contribution in [2.45, 2.75) is 51.8 Å². The molecule has 1 aliphatic carbocycles. The minimum absolute atomic E-state index is 0.0331. The molecule has 126 valence electrons. The number of fused-ring (bicyclic) bond motifs is 1. The molecule has 0 aliphatic heterocycles. The molecule has 0 radical (unpaired) electrons. The van der Waals surface area contributed by atoms with E-state index in [0.717, 1.165) is 11.6 Å². The van der Waals surface area contributed by atoms with Crippen LogP contribution in [0.25, 0.3) is 0 Å². The van der Waals surface area contributed by atoms with Crippen LogP contribution in [0.4, 0.5) is 13.2 Å². The molecule has 1 aliphatic rings. The van der Waals surface area contributed by atoms with Crippen LogP contribution in [0, 0.1) is 5.92 Å². The van der Waals surface area contributed by atoms with Gasteiger partial charge < -0.3 is 4.74 Å². The highest BCUT2D eigenvalue weighted by Crippen LogP contribution is 2.40. The first-order valence-corrected chi connectivity index (χ1v) is 7.64. The number of ether oxygens (including phenoxy) is 1. The van der Waals surface area contributed by atoms with Crippen LogP contribution >= 0.6 is 0 Å². The van der Waals surface area contributed by atoms with Gasteiger partial charge in [0.1, 0.15) is 5.60 Å². The molecule has 0 fully saturated rings. The van der Waals surface area contributed by atoms with Gasteiger partial charge in [-0.3, -0.25) is 0 Å². The second-order valence-electron chi connectivity index (χ2n) is 6.42. The van der Waals surface area contributed by atoms with Crippen molar-refractivity contribution in [3.63, 3.8) is 0 Å². The molecule has 2 atom stereocenters. The summed E-state index contributed by atoms with van der Waals surface area (Å²) in [6.45, 7) is 8.91. The fraction of sp³-hybridized carbons (Fsp3) is 0.500. The van der Waals surface area contributed by atoms with Crippen molar-refractivity contribution in [1.82, 2.24) is 0 Å². The summed E-state index contributed by atoms with van der Waals surface area (Å²) < 4.78 is 44.1. The van der Waals surface area contributed by atoms with E-state index in [4.69, 9.17) is 4.74 Å². The molecule has 2 unspecified atom stereocenters. The van der Waals surface area contributed by atoms with E-state index in [1.54, 1.807) is 6.92 Å². The van der Waals surface area contributed by atoms with E-state index in [1.807, 2.05) is 13.8 Å². The van der Waals surface area contributed by atoms with Crippen LogP contribution in [0.3, 0.4) is 0 Å². The van der Waals surface area contributed by atoms with Crippen LogP contribution in [0.5, 0.6) is 0 Å². The number of esters is 1. The standard InChI is InChI=1S/C18H21F3O2/c1-5-17(4,23-16(22)11(2)3)15-8-12-6-7-14(18(19,20)21)9-13(12)10-15/h6-7,9,15H,2,5,8,10H2,1,3-4H3. The zero-order chi connectivity index (χ0) is 17.4. The van der Waals surface area contributed by atoms with Gasteiger partial charge in [0, 0.05) is 11.5 Å². The van der Waals surface area contributed by atoms with E-state index >= 15 is 0 Å². The smallest absolute Gasteiger partial charge is 0.416 e. The molecule has 0 heterocycles. The van der Waals surface area contributed by atoms with Gasteiger partial charge in [-0.1, -0.05) is 19.6 Å². The molecule has 0 saturated heterocycles. The van der Waals surface area contributed by atoms with Gasteiger partial charge >= 0.3 is 12.1 Å². The molecule has 0 saturated carbocycles. The number of alkyl halides is 3. The summed E-state index contributed by atoms with van der Waals surface area (Å²) in [5.41, 5.74) is 0.562. The Morgan fingerprint density at radius 3 is 2.43 bits per heavy atom. The van der Waals surface area contributed by atoms with Crippen molar-refractivity contribution in [3.05, 3.63) is 47.0 Å². The number of carbonyl (C=O) groups is 1. The molecular weight excluding hydrogens is 305 g/mol. The Balaban J connectivity index is 2.23. The molecule has 0 bridgehead atoms. The zero-order valence-electron chi connectivity index (χ0n) is 13.6. The van der Waals surface area contributed by atoms with Gasteiger partial charge in [0.25, 0.3) is 0 Å². The Bertz CT molecular complexity index is 634. The Labute approximate surface area is 134 Å². The molecular formula is C18H21F3O2. The monoisotopic (exact) mass is 326 g/mol. The predicted octanol–water partition coefficient (Wildman–Crippen LogP) is 4.71. The van der Waals surface area contributed by atoms with Gasteiger partial charge in [-0.15, -0.1) is 0 Å². The third kappa shape index (κ3) is 3.59. The highest BCUT2D eigenvalue weighted by Gasteiger charge is 2.41. The van der Waals surface area contributed by atoms with Crippen LogP contribution in [0.1, 0.15) is 43.9 Å². The lowest BCUT2D eigenvalue weighted by molar-refractivity contribution is -0.159. The first-order valence-electron chi connectivity index (χ1n) is 7.64. The number of rotatable bonds is 4. The van der Waals surface area contributed by atoms with Crippen LogP contribution in [-0.2, 0) is 28.5 Å². The van der Waals surface area contributed by atoms with Gasteiger partial charge in [-0.05, 0) is 56.4 Å². The summed E-state index contributed by atoms with van der Waals surface area (Å²) in [6.07, 6.45) is -2.65. The lowest BCUT2D eigenvalue weighted by Gasteiger charge is -2.34. The fourth-order valence-corrected chi connectivity index (χ4v) is 2.97. The summed E-state index contributed by atoms with van der Waals surface area (Å²) in [5, 5.41) is 0. The summed E-state index contributed by atoms with van der Waals surface area (Å²) >= 11 is 0. The molecule has 0 aromatic heterocycles.